The molecule has 1 unspecified atom stereocenters. The second kappa shape index (κ2) is 3.73. The molecule has 5 heteroatoms. The largest absolute Gasteiger partial charge is 0.353 e. The highest BCUT2D eigenvalue weighted by Crippen LogP contribution is 2.37. The number of anilines is 1. The molecule has 0 spiro atoms. The first-order valence-corrected chi connectivity index (χ1v) is 6.53. The van der Waals surface area contributed by atoms with Gasteiger partial charge in [-0.3, -0.25) is 4.57 Å². The first kappa shape index (κ1) is 11.1. The van der Waals surface area contributed by atoms with Crippen LogP contribution in [-0.2, 0) is 13.0 Å². The quantitative estimate of drug-likeness (QED) is 0.715. The van der Waals surface area contributed by atoms with E-state index in [9.17, 15) is 4.79 Å². The van der Waals surface area contributed by atoms with E-state index in [0.29, 0.717) is 17.1 Å². The SMILES string of the molecule is CC(C)C1Cn2c3c(c(Cl)nc2=O)CCCN31. The van der Waals surface area contributed by atoms with Gasteiger partial charge in [0.2, 0.25) is 0 Å². The van der Waals surface area contributed by atoms with Gasteiger partial charge in [0.05, 0.1) is 6.04 Å². The molecule has 0 bridgehead atoms. The fraction of sp³-hybridized carbons (Fsp3) is 0.667. The minimum Gasteiger partial charge on any atom is -0.353 e. The average Bonchev–Trinajstić information content (AvgIpc) is 2.67. The topological polar surface area (TPSA) is 38.1 Å². The first-order valence-electron chi connectivity index (χ1n) is 6.15. The lowest BCUT2D eigenvalue weighted by Crippen LogP contribution is -2.39. The van der Waals surface area contributed by atoms with E-state index in [2.05, 4.69) is 23.7 Å². The summed E-state index contributed by atoms with van der Waals surface area (Å²) >= 11 is 6.09. The van der Waals surface area contributed by atoms with Crippen LogP contribution in [0.25, 0.3) is 0 Å². The number of hydrogen-bond donors (Lipinski definition) is 0. The smallest absolute Gasteiger partial charge is 0.350 e. The second-order valence-corrected chi connectivity index (χ2v) is 5.56. The van der Waals surface area contributed by atoms with Crippen LogP contribution >= 0.6 is 11.6 Å². The number of rotatable bonds is 1. The average molecular weight is 254 g/mol. The van der Waals surface area contributed by atoms with Crippen molar-refractivity contribution in [3.05, 3.63) is 21.2 Å². The lowest BCUT2D eigenvalue weighted by molar-refractivity contribution is 0.440. The zero-order valence-electron chi connectivity index (χ0n) is 10.1. The fourth-order valence-electron chi connectivity index (χ4n) is 2.98. The summed E-state index contributed by atoms with van der Waals surface area (Å²) in [6, 6.07) is 0.405. The van der Waals surface area contributed by atoms with E-state index in [1.807, 2.05) is 0 Å². The molecule has 3 rings (SSSR count). The highest BCUT2D eigenvalue weighted by molar-refractivity contribution is 6.30. The van der Waals surface area contributed by atoms with Gasteiger partial charge in [-0.05, 0) is 18.8 Å². The Morgan fingerprint density at radius 2 is 2.24 bits per heavy atom. The molecule has 1 atom stereocenters. The zero-order chi connectivity index (χ0) is 12.2. The van der Waals surface area contributed by atoms with Crippen LogP contribution in [0.15, 0.2) is 4.79 Å². The van der Waals surface area contributed by atoms with E-state index in [0.717, 1.165) is 37.3 Å². The highest BCUT2D eigenvalue weighted by atomic mass is 35.5. The van der Waals surface area contributed by atoms with E-state index in [1.165, 1.54) is 0 Å². The van der Waals surface area contributed by atoms with Gasteiger partial charge in [-0.2, -0.15) is 4.98 Å². The van der Waals surface area contributed by atoms with Gasteiger partial charge >= 0.3 is 5.69 Å². The Morgan fingerprint density at radius 1 is 1.47 bits per heavy atom. The van der Waals surface area contributed by atoms with Crippen molar-refractivity contribution in [2.45, 2.75) is 39.3 Å². The minimum atomic E-state index is -0.205. The maximum Gasteiger partial charge on any atom is 0.350 e. The normalized spacial score (nSPS) is 22.1. The molecule has 0 fully saturated rings. The fourth-order valence-corrected chi connectivity index (χ4v) is 3.23. The molecule has 0 amide bonds. The van der Waals surface area contributed by atoms with Crippen molar-refractivity contribution in [3.63, 3.8) is 0 Å². The Hall–Kier alpha value is -1.03. The standard InChI is InChI=1S/C12H16ClN3O/c1-7(2)9-6-16-11-8(4-3-5-15(9)11)10(13)14-12(16)17/h7,9H,3-6H2,1-2H3. The van der Waals surface area contributed by atoms with Gasteiger partial charge < -0.3 is 4.90 Å². The van der Waals surface area contributed by atoms with E-state index in [-0.39, 0.29) is 5.69 Å². The van der Waals surface area contributed by atoms with Gasteiger partial charge in [0, 0.05) is 18.7 Å². The Bertz CT molecular complexity index is 523. The predicted molar refractivity (Wildman–Crippen MR) is 67.8 cm³/mol. The van der Waals surface area contributed by atoms with Crippen molar-refractivity contribution in [3.8, 4) is 0 Å². The summed E-state index contributed by atoms with van der Waals surface area (Å²) in [6.07, 6.45) is 2.03. The molecule has 2 aliphatic heterocycles. The third-order valence-electron chi connectivity index (χ3n) is 3.84. The number of nitrogens with zero attached hydrogens (tertiary/aromatic N) is 3. The lowest BCUT2D eigenvalue weighted by Gasteiger charge is -2.33. The number of hydrogen-bond acceptors (Lipinski definition) is 3. The molecule has 4 nitrogen and oxygen atoms in total. The molecule has 17 heavy (non-hydrogen) atoms. The number of aromatic nitrogens is 2. The van der Waals surface area contributed by atoms with E-state index >= 15 is 0 Å². The van der Waals surface area contributed by atoms with Crippen molar-refractivity contribution in [1.29, 1.82) is 0 Å². The van der Waals surface area contributed by atoms with Crippen molar-refractivity contribution in [1.82, 2.24) is 9.55 Å². The Balaban J connectivity index is 2.21. The van der Waals surface area contributed by atoms with Crippen LogP contribution in [0.5, 0.6) is 0 Å². The van der Waals surface area contributed by atoms with Crippen LogP contribution < -0.4 is 10.6 Å². The summed E-state index contributed by atoms with van der Waals surface area (Å²) < 4.78 is 1.80. The van der Waals surface area contributed by atoms with Gasteiger partial charge in [-0.1, -0.05) is 25.4 Å². The molecular weight excluding hydrogens is 238 g/mol. The minimum absolute atomic E-state index is 0.205. The van der Waals surface area contributed by atoms with E-state index < -0.39 is 0 Å². The summed E-state index contributed by atoms with van der Waals surface area (Å²) in [7, 11) is 0. The van der Waals surface area contributed by atoms with Crippen LogP contribution in [0.1, 0.15) is 25.8 Å². The predicted octanol–water partition coefficient (Wildman–Crippen LogP) is 1.69. The molecule has 0 saturated heterocycles. The molecule has 1 aromatic heterocycles. The maximum absolute atomic E-state index is 11.9. The van der Waals surface area contributed by atoms with E-state index in [4.69, 9.17) is 11.6 Å². The van der Waals surface area contributed by atoms with E-state index in [1.54, 1.807) is 4.57 Å². The molecule has 1 aromatic rings. The zero-order valence-corrected chi connectivity index (χ0v) is 10.9. The summed E-state index contributed by atoms with van der Waals surface area (Å²) in [6.45, 7) is 6.18. The summed E-state index contributed by atoms with van der Waals surface area (Å²) in [4.78, 5) is 18.1. The van der Waals surface area contributed by atoms with Gasteiger partial charge in [0.15, 0.2) is 0 Å². The molecule has 92 valence electrons. The molecule has 0 aromatic carbocycles. The maximum atomic E-state index is 11.9. The Morgan fingerprint density at radius 3 is 2.94 bits per heavy atom. The van der Waals surface area contributed by atoms with Crippen molar-refractivity contribution < 1.29 is 0 Å². The third-order valence-corrected chi connectivity index (χ3v) is 4.15. The van der Waals surface area contributed by atoms with Gasteiger partial charge in [-0.25, -0.2) is 4.79 Å². The second-order valence-electron chi connectivity index (χ2n) is 5.21. The molecule has 3 heterocycles. The molecule has 2 aliphatic rings. The van der Waals surface area contributed by atoms with Gasteiger partial charge in [-0.15, -0.1) is 0 Å². The molecule has 0 saturated carbocycles. The van der Waals surface area contributed by atoms with Gasteiger partial charge in [0.25, 0.3) is 0 Å². The summed E-state index contributed by atoms with van der Waals surface area (Å²) in [5, 5.41) is 0.398. The monoisotopic (exact) mass is 253 g/mol. The molecule has 0 N–H and O–H groups in total. The Kier molecular flexibility index (Phi) is 2.43. The molecule has 0 aliphatic carbocycles. The van der Waals surface area contributed by atoms with Crippen LogP contribution in [-0.4, -0.2) is 22.1 Å². The number of halogens is 1. The lowest BCUT2D eigenvalue weighted by atomic mass is 10.0. The van der Waals surface area contributed by atoms with Crippen LogP contribution in [0.3, 0.4) is 0 Å². The van der Waals surface area contributed by atoms with Crippen molar-refractivity contribution >= 4 is 17.4 Å². The van der Waals surface area contributed by atoms with Crippen molar-refractivity contribution in [2.75, 3.05) is 11.4 Å². The van der Waals surface area contributed by atoms with Crippen LogP contribution in [0, 0.1) is 5.92 Å². The summed E-state index contributed by atoms with van der Waals surface area (Å²) in [5.41, 5.74) is 0.851. The highest BCUT2D eigenvalue weighted by Gasteiger charge is 2.37. The molecular formula is C12H16ClN3O. The third kappa shape index (κ3) is 1.50. The van der Waals surface area contributed by atoms with Gasteiger partial charge in [0.1, 0.15) is 11.0 Å². The van der Waals surface area contributed by atoms with Crippen molar-refractivity contribution in [2.24, 2.45) is 5.92 Å². The van der Waals surface area contributed by atoms with Crippen LogP contribution in [0.2, 0.25) is 5.15 Å². The Labute approximate surface area is 105 Å². The van der Waals surface area contributed by atoms with Crippen LogP contribution in [0.4, 0.5) is 5.82 Å². The molecule has 0 radical (unpaired) electrons. The first-order chi connectivity index (χ1) is 8.09. The summed E-state index contributed by atoms with van der Waals surface area (Å²) in [5.74, 6) is 1.55.